The van der Waals surface area contributed by atoms with Gasteiger partial charge in [0.2, 0.25) is 0 Å². The molecule has 20 heavy (non-hydrogen) atoms. The normalized spacial score (nSPS) is 12.6. The Morgan fingerprint density at radius 1 is 1.15 bits per heavy atom. The van der Waals surface area contributed by atoms with Crippen LogP contribution in [0.3, 0.4) is 0 Å². The zero-order valence-corrected chi connectivity index (χ0v) is 11.7. The zero-order chi connectivity index (χ0) is 14.4. The van der Waals surface area contributed by atoms with Gasteiger partial charge in [0.15, 0.2) is 0 Å². The van der Waals surface area contributed by atoms with Gasteiger partial charge >= 0.3 is 0 Å². The molecule has 1 aromatic carbocycles. The van der Waals surface area contributed by atoms with Gasteiger partial charge in [-0.1, -0.05) is 24.3 Å². The molecule has 0 saturated carbocycles. The van der Waals surface area contributed by atoms with Crippen molar-refractivity contribution < 1.29 is 14.6 Å². The third kappa shape index (κ3) is 3.93. The van der Waals surface area contributed by atoms with Gasteiger partial charge < -0.3 is 19.9 Å². The van der Waals surface area contributed by atoms with Crippen molar-refractivity contribution in [3.05, 3.63) is 47.7 Å². The van der Waals surface area contributed by atoms with E-state index in [1.165, 1.54) is 0 Å². The van der Waals surface area contributed by atoms with Gasteiger partial charge in [0.25, 0.3) is 0 Å². The zero-order valence-electron chi connectivity index (χ0n) is 11.7. The lowest BCUT2D eigenvalue weighted by molar-refractivity contribution is 0.199. The number of nitrogens with one attached hydrogen (secondary N) is 1. The van der Waals surface area contributed by atoms with Crippen LogP contribution in [0.2, 0.25) is 0 Å². The number of aliphatic hydroxyl groups excluding tert-OH is 2. The molecule has 0 fully saturated rings. The van der Waals surface area contributed by atoms with E-state index in [1.807, 2.05) is 36.4 Å². The van der Waals surface area contributed by atoms with Gasteiger partial charge in [-0.15, -0.1) is 0 Å². The molecule has 1 atom stereocenters. The minimum absolute atomic E-state index is 0.200. The van der Waals surface area contributed by atoms with Crippen molar-refractivity contribution >= 4 is 0 Å². The Labute approximate surface area is 119 Å². The number of furan rings is 1. The van der Waals surface area contributed by atoms with Gasteiger partial charge in [-0.25, -0.2) is 0 Å². The Morgan fingerprint density at radius 2 is 1.90 bits per heavy atom. The van der Waals surface area contributed by atoms with Crippen LogP contribution < -0.4 is 5.32 Å². The maximum Gasteiger partial charge on any atom is 0.134 e. The summed E-state index contributed by atoms with van der Waals surface area (Å²) in [5.41, 5.74) is 1.89. The molecular formula is C16H21NO3. The average molecular weight is 275 g/mol. The molecule has 1 aromatic heterocycles. The molecule has 0 bridgehead atoms. The van der Waals surface area contributed by atoms with Crippen molar-refractivity contribution in [2.45, 2.75) is 26.0 Å². The molecule has 0 radical (unpaired) electrons. The largest absolute Gasteiger partial charge is 0.460 e. The van der Waals surface area contributed by atoms with Crippen molar-refractivity contribution in [1.29, 1.82) is 0 Å². The summed E-state index contributed by atoms with van der Waals surface area (Å²) in [6, 6.07) is 11.6. The third-order valence-electron chi connectivity index (χ3n) is 3.15. The Kier molecular flexibility index (Phi) is 5.35. The lowest BCUT2D eigenvalue weighted by Gasteiger charge is -2.05. The molecule has 0 aliphatic rings. The predicted octanol–water partition coefficient (Wildman–Crippen LogP) is 2.47. The summed E-state index contributed by atoms with van der Waals surface area (Å²) >= 11 is 0. The maximum absolute atomic E-state index is 9.48. The second kappa shape index (κ2) is 7.24. The first kappa shape index (κ1) is 14.8. The van der Waals surface area contributed by atoms with Crippen LogP contribution in [0.4, 0.5) is 0 Å². The summed E-state index contributed by atoms with van der Waals surface area (Å²) in [5, 5.41) is 21.4. The van der Waals surface area contributed by atoms with E-state index in [0.717, 1.165) is 35.6 Å². The van der Waals surface area contributed by atoms with Crippen LogP contribution in [0.5, 0.6) is 0 Å². The van der Waals surface area contributed by atoms with E-state index >= 15 is 0 Å². The van der Waals surface area contributed by atoms with E-state index in [1.54, 1.807) is 6.92 Å². The van der Waals surface area contributed by atoms with Gasteiger partial charge in [-0.3, -0.25) is 0 Å². The van der Waals surface area contributed by atoms with E-state index in [-0.39, 0.29) is 6.61 Å². The van der Waals surface area contributed by atoms with Crippen LogP contribution in [0.25, 0.3) is 11.3 Å². The molecule has 0 saturated heterocycles. The van der Waals surface area contributed by atoms with E-state index in [2.05, 4.69) is 5.32 Å². The molecule has 2 rings (SSSR count). The molecule has 0 aliphatic carbocycles. The van der Waals surface area contributed by atoms with Crippen LogP contribution in [-0.2, 0) is 6.54 Å². The Bertz CT molecular complexity index is 517. The quantitative estimate of drug-likeness (QED) is 0.679. The fourth-order valence-electron chi connectivity index (χ4n) is 1.97. The number of hydrogen-bond acceptors (Lipinski definition) is 4. The first-order valence-electron chi connectivity index (χ1n) is 6.89. The van der Waals surface area contributed by atoms with E-state index in [0.29, 0.717) is 6.54 Å². The minimum atomic E-state index is -0.452. The molecule has 0 aliphatic heterocycles. The number of rotatable bonds is 7. The highest BCUT2D eigenvalue weighted by Crippen LogP contribution is 2.24. The van der Waals surface area contributed by atoms with Crippen LogP contribution in [0, 0.1) is 0 Å². The van der Waals surface area contributed by atoms with Crippen molar-refractivity contribution in [2.75, 3.05) is 13.2 Å². The van der Waals surface area contributed by atoms with Gasteiger partial charge in [0.1, 0.15) is 11.5 Å². The standard InChI is InChI=1S/C16H21NO3/c1-12(19)13-3-5-14(6-4-13)16-8-7-15(20-16)11-17-9-2-10-18/h3-8,12,17-19H,2,9-11H2,1H3. The van der Waals surface area contributed by atoms with Crippen LogP contribution in [-0.4, -0.2) is 23.4 Å². The number of benzene rings is 1. The maximum atomic E-state index is 9.48. The summed E-state index contributed by atoms with van der Waals surface area (Å²) in [7, 11) is 0. The lowest BCUT2D eigenvalue weighted by atomic mass is 10.1. The number of hydrogen-bond donors (Lipinski definition) is 3. The van der Waals surface area contributed by atoms with Crippen LogP contribution >= 0.6 is 0 Å². The Morgan fingerprint density at radius 3 is 2.55 bits per heavy atom. The highest BCUT2D eigenvalue weighted by Gasteiger charge is 2.06. The van der Waals surface area contributed by atoms with Gasteiger partial charge in [0, 0.05) is 12.2 Å². The second-order valence-corrected chi connectivity index (χ2v) is 4.82. The third-order valence-corrected chi connectivity index (χ3v) is 3.15. The Hall–Kier alpha value is -1.62. The van der Waals surface area contributed by atoms with Crippen molar-refractivity contribution in [2.24, 2.45) is 0 Å². The summed E-state index contributed by atoms with van der Waals surface area (Å²) in [5.74, 6) is 1.69. The van der Waals surface area contributed by atoms with E-state index in [9.17, 15) is 5.11 Å². The van der Waals surface area contributed by atoms with Crippen LogP contribution in [0.15, 0.2) is 40.8 Å². The Balaban J connectivity index is 1.97. The van der Waals surface area contributed by atoms with Crippen LogP contribution in [0.1, 0.15) is 30.8 Å². The SMILES string of the molecule is CC(O)c1ccc(-c2ccc(CNCCCO)o2)cc1. The summed E-state index contributed by atoms with van der Waals surface area (Å²) in [6.07, 6.45) is 0.293. The fraction of sp³-hybridized carbons (Fsp3) is 0.375. The highest BCUT2D eigenvalue weighted by molar-refractivity contribution is 5.58. The van der Waals surface area contributed by atoms with Gasteiger partial charge in [-0.05, 0) is 37.6 Å². The monoisotopic (exact) mass is 275 g/mol. The number of aliphatic hydroxyl groups is 2. The van der Waals surface area contributed by atoms with Crippen molar-refractivity contribution in [3.8, 4) is 11.3 Å². The topological polar surface area (TPSA) is 65.6 Å². The average Bonchev–Trinajstić information content (AvgIpc) is 2.92. The molecule has 0 spiro atoms. The fourth-order valence-corrected chi connectivity index (χ4v) is 1.97. The molecule has 3 N–H and O–H groups in total. The molecular weight excluding hydrogens is 254 g/mol. The molecule has 108 valence electrons. The molecule has 2 aromatic rings. The molecule has 1 heterocycles. The summed E-state index contributed by atoms with van der Waals surface area (Å²) in [4.78, 5) is 0. The predicted molar refractivity (Wildman–Crippen MR) is 78.2 cm³/mol. The molecule has 0 amide bonds. The van der Waals surface area contributed by atoms with Gasteiger partial charge in [-0.2, -0.15) is 0 Å². The molecule has 4 heteroatoms. The minimum Gasteiger partial charge on any atom is -0.460 e. The van der Waals surface area contributed by atoms with E-state index in [4.69, 9.17) is 9.52 Å². The smallest absolute Gasteiger partial charge is 0.134 e. The van der Waals surface area contributed by atoms with E-state index < -0.39 is 6.10 Å². The summed E-state index contributed by atoms with van der Waals surface area (Å²) < 4.78 is 5.76. The highest BCUT2D eigenvalue weighted by atomic mass is 16.3. The second-order valence-electron chi connectivity index (χ2n) is 4.82. The first-order chi connectivity index (χ1) is 9.70. The van der Waals surface area contributed by atoms with Gasteiger partial charge in [0.05, 0.1) is 12.6 Å². The van der Waals surface area contributed by atoms with Crippen molar-refractivity contribution in [3.63, 3.8) is 0 Å². The first-order valence-corrected chi connectivity index (χ1v) is 6.89. The molecule has 4 nitrogen and oxygen atoms in total. The van der Waals surface area contributed by atoms with Crippen molar-refractivity contribution in [1.82, 2.24) is 5.32 Å². The lowest BCUT2D eigenvalue weighted by Crippen LogP contribution is -2.15. The molecule has 1 unspecified atom stereocenters. The summed E-state index contributed by atoms with van der Waals surface area (Å²) in [6.45, 7) is 3.38.